The highest BCUT2D eigenvalue weighted by atomic mass is 32.2. The highest BCUT2D eigenvalue weighted by Crippen LogP contribution is 2.37. The van der Waals surface area contributed by atoms with Gasteiger partial charge in [-0.1, -0.05) is 42.7 Å². The van der Waals surface area contributed by atoms with Gasteiger partial charge in [0, 0.05) is 31.2 Å². The van der Waals surface area contributed by atoms with E-state index >= 15 is 0 Å². The van der Waals surface area contributed by atoms with E-state index in [0.29, 0.717) is 54.5 Å². The van der Waals surface area contributed by atoms with Crippen LogP contribution in [0, 0.1) is 0 Å². The molecule has 1 saturated heterocycles. The molecule has 1 aliphatic heterocycles. The summed E-state index contributed by atoms with van der Waals surface area (Å²) in [6.45, 7) is 4.50. The number of H-pyrrole nitrogens is 1. The summed E-state index contributed by atoms with van der Waals surface area (Å²) in [7, 11) is -1.17. The van der Waals surface area contributed by atoms with Gasteiger partial charge in [-0.3, -0.25) is 4.79 Å². The number of nitrogens with one attached hydrogen (secondary N) is 2. The van der Waals surface area contributed by atoms with E-state index in [0.717, 1.165) is 27.6 Å². The zero-order valence-corrected chi connectivity index (χ0v) is 25.9. The lowest BCUT2D eigenvalue weighted by Gasteiger charge is -2.31. The van der Waals surface area contributed by atoms with E-state index in [9.17, 15) is 21.6 Å². The highest BCUT2D eigenvalue weighted by molar-refractivity contribution is 7.89. The van der Waals surface area contributed by atoms with Crippen molar-refractivity contribution in [3.05, 3.63) is 83.0 Å². The van der Waals surface area contributed by atoms with Crippen LogP contribution in [0.25, 0.3) is 22.0 Å². The van der Waals surface area contributed by atoms with Gasteiger partial charge < -0.3 is 10.7 Å². The number of hydrogen-bond donors (Lipinski definition) is 3. The van der Waals surface area contributed by atoms with Gasteiger partial charge in [-0.25, -0.2) is 25.9 Å². The molecular weight excluding hydrogens is 583 g/mol. The highest BCUT2D eigenvalue weighted by Gasteiger charge is 2.29. The van der Waals surface area contributed by atoms with E-state index in [1.165, 1.54) is 6.07 Å². The van der Waals surface area contributed by atoms with Gasteiger partial charge in [0.2, 0.25) is 20.0 Å². The quantitative estimate of drug-likeness (QED) is 0.234. The summed E-state index contributed by atoms with van der Waals surface area (Å²) in [5.74, 6) is -0.365. The Balaban J connectivity index is 1.43. The molecule has 4 N–H and O–H groups in total. The number of carbonyl (C=O) groups is 1. The van der Waals surface area contributed by atoms with E-state index in [1.807, 2.05) is 43.5 Å². The second-order valence-electron chi connectivity index (χ2n) is 10.9. The van der Waals surface area contributed by atoms with Crippen LogP contribution in [0.3, 0.4) is 0 Å². The summed E-state index contributed by atoms with van der Waals surface area (Å²) < 4.78 is 55.2. The Morgan fingerprint density at radius 1 is 1.02 bits per heavy atom. The van der Waals surface area contributed by atoms with Crippen LogP contribution in [0.2, 0.25) is 0 Å². The molecule has 0 bridgehead atoms. The van der Waals surface area contributed by atoms with Crippen LogP contribution < -0.4 is 15.9 Å². The van der Waals surface area contributed by atoms with Crippen LogP contribution in [0.5, 0.6) is 0 Å². The maximum atomic E-state index is 13.1. The van der Waals surface area contributed by atoms with Crippen LogP contribution in [-0.4, -0.2) is 58.7 Å². The van der Waals surface area contributed by atoms with Crippen LogP contribution in [0.1, 0.15) is 59.7 Å². The van der Waals surface area contributed by atoms with Gasteiger partial charge in [-0.05, 0) is 84.2 Å². The number of rotatable bonds is 10. The molecule has 43 heavy (non-hydrogen) atoms. The van der Waals surface area contributed by atoms with Crippen molar-refractivity contribution in [3.8, 4) is 11.1 Å². The Kier molecular flexibility index (Phi) is 8.85. The fourth-order valence-corrected chi connectivity index (χ4v) is 8.27. The second kappa shape index (κ2) is 12.3. The molecule has 0 unspecified atom stereocenters. The lowest BCUT2D eigenvalue weighted by molar-refractivity contribution is 0.100. The maximum absolute atomic E-state index is 13.1. The smallest absolute Gasteiger partial charge is 0.250 e. The third-order valence-electron chi connectivity index (χ3n) is 8.22. The van der Waals surface area contributed by atoms with Gasteiger partial charge in [0.05, 0.1) is 21.7 Å². The average Bonchev–Trinajstić information content (AvgIpc) is 3.43. The number of nitrogens with two attached hydrogens (primary N) is 1. The molecule has 1 fully saturated rings. The molecule has 3 aromatic carbocycles. The number of aromatic amines is 1. The lowest BCUT2D eigenvalue weighted by Crippen LogP contribution is -2.38. The SMILES string of the molecule is [B]c1ccc(S(=O)(=O)NCc2cccc(-c3cc(C(N)=O)c4[nH]cc(C5CCN(S(=O)(=O)CC)CC5)c4c3)c2)c(CC)c1. The Morgan fingerprint density at radius 2 is 1.77 bits per heavy atom. The summed E-state index contributed by atoms with van der Waals surface area (Å²) >= 11 is 0. The molecule has 0 saturated carbocycles. The zero-order valence-electron chi connectivity index (χ0n) is 24.3. The third kappa shape index (κ3) is 6.42. The molecule has 1 aromatic heterocycles. The number of benzene rings is 3. The number of aromatic nitrogens is 1. The Hall–Kier alpha value is -3.45. The minimum Gasteiger partial charge on any atom is -0.366 e. The first-order valence-corrected chi connectivity index (χ1v) is 17.4. The number of sulfonamides is 2. The standard InChI is InChI=1S/C31H35BN4O5S2/c1-3-21-15-25(32)8-9-29(21)43(40,41)35-18-20-6-5-7-23(14-20)24-16-26-28(19-34-30(26)27(17-24)31(33)37)22-10-12-36(13-11-22)42(38,39)4-2/h5-9,14-17,19,22,34-35H,3-4,10-13,18H2,1-2H3,(H2,33,37). The minimum atomic E-state index is -3.78. The molecule has 0 aliphatic carbocycles. The van der Waals surface area contributed by atoms with Crippen molar-refractivity contribution in [2.45, 2.75) is 50.5 Å². The van der Waals surface area contributed by atoms with Crippen molar-refractivity contribution in [2.24, 2.45) is 5.73 Å². The molecule has 12 heteroatoms. The molecule has 2 radical (unpaired) electrons. The van der Waals surface area contributed by atoms with Crippen molar-refractivity contribution < 1.29 is 21.6 Å². The molecule has 0 spiro atoms. The fourth-order valence-electron chi connectivity index (χ4n) is 5.83. The normalized spacial score (nSPS) is 15.2. The van der Waals surface area contributed by atoms with Crippen molar-refractivity contribution in [3.63, 3.8) is 0 Å². The predicted octanol–water partition coefficient (Wildman–Crippen LogP) is 3.30. The summed E-state index contributed by atoms with van der Waals surface area (Å²) in [6, 6.07) is 16.0. The number of piperidine rings is 1. The maximum Gasteiger partial charge on any atom is 0.250 e. The first kappa shape index (κ1) is 31.0. The van der Waals surface area contributed by atoms with Crippen LogP contribution >= 0.6 is 0 Å². The topological polar surface area (TPSA) is 142 Å². The van der Waals surface area contributed by atoms with Gasteiger partial charge in [-0.15, -0.1) is 0 Å². The molecule has 9 nitrogen and oxygen atoms in total. The van der Waals surface area contributed by atoms with Gasteiger partial charge in [0.1, 0.15) is 7.85 Å². The van der Waals surface area contributed by atoms with E-state index in [2.05, 4.69) is 9.71 Å². The largest absolute Gasteiger partial charge is 0.366 e. The number of hydrogen-bond acceptors (Lipinski definition) is 5. The predicted molar refractivity (Wildman–Crippen MR) is 170 cm³/mol. The summed E-state index contributed by atoms with van der Waals surface area (Å²) in [4.78, 5) is 15.9. The van der Waals surface area contributed by atoms with Crippen molar-refractivity contribution >= 4 is 50.2 Å². The van der Waals surface area contributed by atoms with Gasteiger partial charge >= 0.3 is 0 Å². The van der Waals surface area contributed by atoms with E-state index in [4.69, 9.17) is 13.6 Å². The Morgan fingerprint density at radius 3 is 2.44 bits per heavy atom. The number of amides is 1. The number of primary amides is 1. The molecule has 2 heterocycles. The van der Waals surface area contributed by atoms with Crippen LogP contribution in [0.4, 0.5) is 0 Å². The van der Waals surface area contributed by atoms with Crippen molar-refractivity contribution in [2.75, 3.05) is 18.8 Å². The third-order valence-corrected chi connectivity index (χ3v) is 11.6. The second-order valence-corrected chi connectivity index (χ2v) is 14.9. The summed E-state index contributed by atoms with van der Waals surface area (Å²) in [5, 5.41) is 0.865. The van der Waals surface area contributed by atoms with Gasteiger partial charge in [0.15, 0.2) is 0 Å². The van der Waals surface area contributed by atoms with Gasteiger partial charge in [0.25, 0.3) is 5.91 Å². The van der Waals surface area contributed by atoms with Crippen molar-refractivity contribution in [1.29, 1.82) is 0 Å². The molecular formula is C31H35BN4O5S2. The number of carbonyl (C=O) groups excluding carboxylic acids is 1. The van der Waals surface area contributed by atoms with Crippen LogP contribution in [-0.2, 0) is 33.0 Å². The van der Waals surface area contributed by atoms with E-state index in [1.54, 1.807) is 29.4 Å². The number of fused-ring (bicyclic) bond motifs is 1. The molecule has 224 valence electrons. The first-order chi connectivity index (χ1) is 20.4. The van der Waals surface area contributed by atoms with E-state index < -0.39 is 26.0 Å². The Labute approximate surface area is 254 Å². The Bertz CT molecular complexity index is 1900. The molecule has 4 aromatic rings. The van der Waals surface area contributed by atoms with E-state index in [-0.39, 0.29) is 23.1 Å². The fraction of sp³-hybridized carbons (Fsp3) is 0.323. The summed E-state index contributed by atoms with van der Waals surface area (Å²) in [5.41, 5.74) is 11.3. The van der Waals surface area contributed by atoms with Crippen molar-refractivity contribution in [1.82, 2.24) is 14.0 Å². The minimum absolute atomic E-state index is 0.0727. The number of nitrogens with zero attached hydrogens (tertiary/aromatic N) is 1. The molecule has 5 rings (SSSR count). The molecule has 1 aliphatic rings. The number of aryl methyl sites for hydroxylation is 1. The monoisotopic (exact) mass is 618 g/mol. The molecule has 0 atom stereocenters. The summed E-state index contributed by atoms with van der Waals surface area (Å²) in [6.07, 6.45) is 3.76. The zero-order chi connectivity index (χ0) is 30.9. The average molecular weight is 619 g/mol. The first-order valence-electron chi connectivity index (χ1n) is 14.3. The van der Waals surface area contributed by atoms with Gasteiger partial charge in [-0.2, -0.15) is 0 Å². The lowest BCUT2D eigenvalue weighted by atomic mass is 9.88. The molecule has 1 amide bonds. The van der Waals surface area contributed by atoms with Crippen LogP contribution in [0.15, 0.2) is 65.7 Å².